The minimum atomic E-state index is -2.22. The van der Waals surface area contributed by atoms with Gasteiger partial charge >= 0.3 is 0 Å². The van der Waals surface area contributed by atoms with Crippen molar-refractivity contribution in [3.05, 3.63) is 48.0 Å². The van der Waals surface area contributed by atoms with E-state index in [1.165, 1.54) is 29.8 Å². The van der Waals surface area contributed by atoms with Crippen LogP contribution in [0.4, 0.5) is 0 Å². The minimum Gasteiger partial charge on any atom is -0.370 e. The smallest absolute Gasteiger partial charge is 0.272 e. The van der Waals surface area contributed by atoms with E-state index in [0.717, 1.165) is 0 Å². The molecule has 10 nitrogen and oxygen atoms in total. The number of hydroxylamine groups is 1. The van der Waals surface area contributed by atoms with Crippen LogP contribution in [0.1, 0.15) is 16.8 Å². The fourth-order valence-electron chi connectivity index (χ4n) is 1.84. The van der Waals surface area contributed by atoms with Crippen molar-refractivity contribution in [3.63, 3.8) is 0 Å². The summed E-state index contributed by atoms with van der Waals surface area (Å²) in [6.07, 6.45) is 1.69. The van der Waals surface area contributed by atoms with Gasteiger partial charge < -0.3 is 11.5 Å². The van der Waals surface area contributed by atoms with Crippen molar-refractivity contribution < 1.29 is 29.2 Å². The predicted octanol–water partition coefficient (Wildman–Crippen LogP) is -1.85. The molecule has 0 fully saturated rings. The summed E-state index contributed by atoms with van der Waals surface area (Å²) in [6.45, 7) is 0. The van der Waals surface area contributed by atoms with Crippen LogP contribution in [0.2, 0.25) is 0 Å². The quantitative estimate of drug-likeness (QED) is 0.136. The highest BCUT2D eigenvalue weighted by molar-refractivity contribution is 6.19. The molecule has 7 N–H and O–H groups in total. The SMILES string of the molecule is NC(=O)CC(N)(C(=O)NO)C(=O)c1ccccc1.O=C1C=CC(=O)N1. The standard InChI is InChI=1S/C11H13N3O4.C4H3NO2/c12-8(15)6-11(13,10(17)14-18)9(16)7-4-2-1-3-5-7;6-3-1-2-4(7)5-3/h1-5,18H,6,13H2,(H2,12,15)(H,14,17);1-2H,(H,5,6,7). The van der Waals surface area contributed by atoms with Crippen molar-refractivity contribution in [2.45, 2.75) is 12.0 Å². The average molecular weight is 348 g/mol. The number of rotatable bonds is 5. The lowest BCUT2D eigenvalue weighted by Gasteiger charge is -2.23. The van der Waals surface area contributed by atoms with Crippen LogP contribution in [0.3, 0.4) is 0 Å². The number of benzene rings is 1. The first-order valence-corrected chi connectivity index (χ1v) is 6.85. The third-order valence-electron chi connectivity index (χ3n) is 3.03. The number of hydrogen-bond acceptors (Lipinski definition) is 7. The molecule has 1 aliphatic rings. The number of ketones is 1. The van der Waals surface area contributed by atoms with Crippen molar-refractivity contribution in [3.8, 4) is 0 Å². The highest BCUT2D eigenvalue weighted by atomic mass is 16.5. The van der Waals surface area contributed by atoms with E-state index in [0.29, 0.717) is 0 Å². The zero-order chi connectivity index (χ0) is 19.0. The Kier molecular flexibility index (Phi) is 6.67. The summed E-state index contributed by atoms with van der Waals surface area (Å²) in [5, 5.41) is 10.6. The van der Waals surface area contributed by atoms with Crippen molar-refractivity contribution in [2.24, 2.45) is 11.5 Å². The molecule has 0 aromatic heterocycles. The number of imide groups is 1. The normalized spacial score (nSPS) is 14.6. The highest BCUT2D eigenvalue weighted by Crippen LogP contribution is 2.15. The van der Waals surface area contributed by atoms with Gasteiger partial charge in [-0.25, -0.2) is 5.48 Å². The molecule has 0 aliphatic carbocycles. The van der Waals surface area contributed by atoms with Gasteiger partial charge in [-0.1, -0.05) is 30.3 Å². The molecule has 1 aromatic carbocycles. The Balaban J connectivity index is 0.000000370. The van der Waals surface area contributed by atoms with Gasteiger partial charge in [0, 0.05) is 17.7 Å². The Hall–Kier alpha value is -3.37. The van der Waals surface area contributed by atoms with Gasteiger partial charge in [0.05, 0.1) is 6.42 Å². The van der Waals surface area contributed by atoms with Gasteiger partial charge in [-0.3, -0.25) is 34.5 Å². The maximum atomic E-state index is 12.1. The number of carbonyl (C=O) groups excluding carboxylic acids is 5. The summed E-state index contributed by atoms with van der Waals surface area (Å²) in [5.41, 5.74) is 9.75. The topological polar surface area (TPSA) is 182 Å². The van der Waals surface area contributed by atoms with Crippen LogP contribution in [-0.2, 0) is 19.2 Å². The number of amides is 4. The number of Topliss-reactive ketones (excluding diaryl/α,β-unsaturated/α-hetero) is 1. The molecule has 25 heavy (non-hydrogen) atoms. The third kappa shape index (κ3) is 5.34. The van der Waals surface area contributed by atoms with Gasteiger partial charge in [0.25, 0.3) is 17.7 Å². The fourth-order valence-corrected chi connectivity index (χ4v) is 1.84. The molecule has 0 saturated carbocycles. The molecule has 4 amide bonds. The van der Waals surface area contributed by atoms with Crippen LogP contribution < -0.4 is 22.3 Å². The van der Waals surface area contributed by atoms with Crippen LogP contribution in [0.15, 0.2) is 42.5 Å². The van der Waals surface area contributed by atoms with Crippen LogP contribution in [0.5, 0.6) is 0 Å². The van der Waals surface area contributed by atoms with E-state index in [2.05, 4.69) is 0 Å². The largest absolute Gasteiger partial charge is 0.370 e. The minimum absolute atomic E-state index is 0.143. The van der Waals surface area contributed by atoms with Gasteiger partial charge in [-0.05, 0) is 0 Å². The molecule has 0 bridgehead atoms. The number of nitrogens with two attached hydrogens (primary N) is 2. The van der Waals surface area contributed by atoms with Gasteiger partial charge in [0.1, 0.15) is 0 Å². The zero-order valence-electron chi connectivity index (χ0n) is 12.9. The molecule has 1 atom stereocenters. The van der Waals surface area contributed by atoms with Crippen molar-refractivity contribution in [2.75, 3.05) is 0 Å². The summed E-state index contributed by atoms with van der Waals surface area (Å²) in [5.74, 6) is -3.57. The molecular formula is C15H16N4O6. The van der Waals surface area contributed by atoms with E-state index in [4.69, 9.17) is 16.7 Å². The van der Waals surface area contributed by atoms with Gasteiger partial charge in [-0.15, -0.1) is 0 Å². The molecule has 1 aromatic rings. The number of primary amides is 1. The zero-order valence-corrected chi connectivity index (χ0v) is 12.9. The first-order chi connectivity index (χ1) is 11.7. The van der Waals surface area contributed by atoms with E-state index in [-0.39, 0.29) is 17.4 Å². The molecule has 1 unspecified atom stereocenters. The number of nitrogens with one attached hydrogen (secondary N) is 2. The molecule has 0 saturated heterocycles. The van der Waals surface area contributed by atoms with Crippen LogP contribution in [0.25, 0.3) is 0 Å². The lowest BCUT2D eigenvalue weighted by molar-refractivity contribution is -0.135. The monoisotopic (exact) mass is 348 g/mol. The van der Waals surface area contributed by atoms with Crippen molar-refractivity contribution in [1.82, 2.24) is 10.8 Å². The van der Waals surface area contributed by atoms with E-state index in [9.17, 15) is 24.0 Å². The second-order valence-electron chi connectivity index (χ2n) is 4.94. The predicted molar refractivity (Wildman–Crippen MR) is 83.7 cm³/mol. The fraction of sp³-hybridized carbons (Fsp3) is 0.133. The second-order valence-corrected chi connectivity index (χ2v) is 4.94. The maximum Gasteiger partial charge on any atom is 0.272 e. The third-order valence-corrected chi connectivity index (χ3v) is 3.03. The maximum absolute atomic E-state index is 12.1. The molecule has 1 heterocycles. The Bertz CT molecular complexity index is 715. The summed E-state index contributed by atoms with van der Waals surface area (Å²) < 4.78 is 0. The van der Waals surface area contributed by atoms with Crippen LogP contribution in [0, 0.1) is 0 Å². The lowest BCUT2D eigenvalue weighted by Crippen LogP contribution is -2.60. The second kappa shape index (κ2) is 8.47. The first kappa shape index (κ1) is 19.7. The van der Waals surface area contributed by atoms with Gasteiger partial charge in [0.2, 0.25) is 5.91 Å². The Morgan fingerprint density at radius 3 is 1.96 bits per heavy atom. The van der Waals surface area contributed by atoms with Crippen molar-refractivity contribution >= 4 is 29.4 Å². The number of hydrogen-bond donors (Lipinski definition) is 5. The van der Waals surface area contributed by atoms with Gasteiger partial charge in [-0.2, -0.15) is 0 Å². The summed E-state index contributed by atoms with van der Waals surface area (Å²) in [6, 6.07) is 7.71. The summed E-state index contributed by atoms with van der Waals surface area (Å²) in [7, 11) is 0. The molecule has 132 valence electrons. The summed E-state index contributed by atoms with van der Waals surface area (Å²) in [4.78, 5) is 54.5. The Morgan fingerprint density at radius 1 is 1.08 bits per heavy atom. The highest BCUT2D eigenvalue weighted by Gasteiger charge is 2.43. The molecular weight excluding hydrogens is 332 g/mol. The molecule has 10 heteroatoms. The van der Waals surface area contributed by atoms with Crippen molar-refractivity contribution in [1.29, 1.82) is 0 Å². The molecule has 1 aliphatic heterocycles. The van der Waals surface area contributed by atoms with E-state index >= 15 is 0 Å². The first-order valence-electron chi connectivity index (χ1n) is 6.85. The van der Waals surface area contributed by atoms with Gasteiger partial charge in [0.15, 0.2) is 11.3 Å². The van der Waals surface area contributed by atoms with E-state index in [1.54, 1.807) is 18.2 Å². The Labute approximate surface area is 141 Å². The average Bonchev–Trinajstić information content (AvgIpc) is 2.97. The lowest BCUT2D eigenvalue weighted by atomic mass is 9.86. The Morgan fingerprint density at radius 2 is 1.60 bits per heavy atom. The van der Waals surface area contributed by atoms with Crippen LogP contribution in [-0.4, -0.2) is 40.2 Å². The molecule has 2 rings (SSSR count). The number of carbonyl (C=O) groups is 5. The molecule has 0 radical (unpaired) electrons. The summed E-state index contributed by atoms with van der Waals surface area (Å²) >= 11 is 0. The van der Waals surface area contributed by atoms with E-state index in [1.807, 2.05) is 5.32 Å². The molecule has 0 spiro atoms. The van der Waals surface area contributed by atoms with E-state index < -0.39 is 29.6 Å². The van der Waals surface area contributed by atoms with Crippen LogP contribution >= 0.6 is 0 Å².